The quantitative estimate of drug-likeness (QED) is 0.660. The molecule has 3 aliphatic heterocycles. The third-order valence-corrected chi connectivity index (χ3v) is 7.10. The van der Waals surface area contributed by atoms with Gasteiger partial charge in [-0.1, -0.05) is 54.1 Å². The SMILES string of the molecule is Cc1ccc(C23CC(N4CCCC4)CCN2CCc2ccccc23)cc1.Cl.Cl. The van der Waals surface area contributed by atoms with E-state index in [1.165, 1.54) is 69.4 Å². The summed E-state index contributed by atoms with van der Waals surface area (Å²) in [7, 11) is 0. The Labute approximate surface area is 182 Å². The number of benzene rings is 2. The lowest BCUT2D eigenvalue weighted by atomic mass is 9.69. The van der Waals surface area contributed by atoms with E-state index in [1.54, 1.807) is 11.1 Å². The normalized spacial score (nSPS) is 27.2. The minimum atomic E-state index is 0. The highest BCUT2D eigenvalue weighted by atomic mass is 35.5. The van der Waals surface area contributed by atoms with Gasteiger partial charge in [-0.2, -0.15) is 0 Å². The monoisotopic (exact) mass is 418 g/mol. The van der Waals surface area contributed by atoms with E-state index in [4.69, 9.17) is 0 Å². The molecule has 2 saturated heterocycles. The molecule has 3 heterocycles. The van der Waals surface area contributed by atoms with E-state index >= 15 is 0 Å². The molecule has 0 bridgehead atoms. The van der Waals surface area contributed by atoms with Crippen LogP contribution in [0.4, 0.5) is 0 Å². The fraction of sp³-hybridized carbons (Fsp3) is 0.500. The third-order valence-electron chi connectivity index (χ3n) is 7.10. The van der Waals surface area contributed by atoms with Gasteiger partial charge in [-0.05, 0) is 68.8 Å². The van der Waals surface area contributed by atoms with Crippen molar-refractivity contribution in [3.63, 3.8) is 0 Å². The van der Waals surface area contributed by atoms with E-state index in [9.17, 15) is 0 Å². The van der Waals surface area contributed by atoms with Crippen molar-refractivity contribution in [2.75, 3.05) is 26.2 Å². The number of fused-ring (bicyclic) bond motifs is 3. The average molecular weight is 419 g/mol. The zero-order valence-corrected chi connectivity index (χ0v) is 18.4. The highest BCUT2D eigenvalue weighted by Gasteiger charge is 2.48. The van der Waals surface area contributed by atoms with Crippen LogP contribution in [-0.2, 0) is 12.0 Å². The summed E-state index contributed by atoms with van der Waals surface area (Å²) >= 11 is 0. The Morgan fingerprint density at radius 1 is 0.857 bits per heavy atom. The van der Waals surface area contributed by atoms with Crippen molar-refractivity contribution in [3.05, 3.63) is 70.8 Å². The number of likely N-dealkylation sites (tertiary alicyclic amines) is 1. The van der Waals surface area contributed by atoms with Gasteiger partial charge in [0.1, 0.15) is 0 Å². The lowest BCUT2D eigenvalue weighted by Crippen LogP contribution is -2.59. The summed E-state index contributed by atoms with van der Waals surface area (Å²) in [6, 6.07) is 19.4. The molecule has 0 aliphatic carbocycles. The van der Waals surface area contributed by atoms with Crippen molar-refractivity contribution >= 4 is 24.8 Å². The van der Waals surface area contributed by atoms with Crippen LogP contribution in [0.1, 0.15) is 47.9 Å². The van der Waals surface area contributed by atoms with Crippen LogP contribution in [0.25, 0.3) is 0 Å². The molecular formula is C24H32Cl2N2. The molecule has 0 radical (unpaired) electrons. The molecular weight excluding hydrogens is 387 g/mol. The highest BCUT2D eigenvalue weighted by Crippen LogP contribution is 2.48. The van der Waals surface area contributed by atoms with Crippen LogP contribution in [0.2, 0.25) is 0 Å². The first-order valence-electron chi connectivity index (χ1n) is 10.4. The fourth-order valence-electron chi connectivity index (χ4n) is 5.75. The van der Waals surface area contributed by atoms with Gasteiger partial charge in [0.05, 0.1) is 5.54 Å². The molecule has 2 unspecified atom stereocenters. The molecule has 2 aromatic carbocycles. The summed E-state index contributed by atoms with van der Waals surface area (Å²) in [4.78, 5) is 5.58. The Balaban J connectivity index is 0.00000112. The average Bonchev–Trinajstić information content (AvgIpc) is 3.23. The van der Waals surface area contributed by atoms with E-state index in [0.29, 0.717) is 0 Å². The molecule has 0 N–H and O–H groups in total. The van der Waals surface area contributed by atoms with Gasteiger partial charge in [0.25, 0.3) is 0 Å². The summed E-state index contributed by atoms with van der Waals surface area (Å²) in [5, 5.41) is 0. The van der Waals surface area contributed by atoms with Crippen LogP contribution in [0.15, 0.2) is 48.5 Å². The second-order valence-corrected chi connectivity index (χ2v) is 8.51. The standard InChI is InChI=1S/C24H30N2.2ClH/c1-19-8-10-21(11-9-19)24-18-22(25-14-4-5-15-25)13-17-26(24)16-12-20-6-2-3-7-23(20)24;;/h2-3,6-11,22H,4-5,12-18H2,1H3;2*1H. The van der Waals surface area contributed by atoms with Crippen molar-refractivity contribution in [1.82, 2.24) is 9.80 Å². The highest BCUT2D eigenvalue weighted by molar-refractivity contribution is 5.85. The number of piperidine rings is 1. The predicted octanol–water partition coefficient (Wildman–Crippen LogP) is 5.20. The Kier molecular flexibility index (Phi) is 6.76. The minimum absolute atomic E-state index is 0. The molecule has 5 rings (SSSR count). The maximum atomic E-state index is 2.80. The lowest BCUT2D eigenvalue weighted by molar-refractivity contribution is 0.0174. The van der Waals surface area contributed by atoms with E-state index in [0.717, 1.165) is 6.04 Å². The Bertz CT molecular complexity index is 785. The van der Waals surface area contributed by atoms with Crippen molar-refractivity contribution in [1.29, 1.82) is 0 Å². The molecule has 0 amide bonds. The van der Waals surface area contributed by atoms with Gasteiger partial charge in [-0.25, -0.2) is 0 Å². The van der Waals surface area contributed by atoms with Gasteiger partial charge < -0.3 is 4.90 Å². The Hall–Kier alpha value is -1.06. The van der Waals surface area contributed by atoms with E-state index in [-0.39, 0.29) is 30.4 Å². The molecule has 4 heteroatoms. The Morgan fingerprint density at radius 3 is 2.32 bits per heavy atom. The first-order valence-corrected chi connectivity index (χ1v) is 10.4. The number of rotatable bonds is 2. The number of nitrogens with zero attached hydrogens (tertiary/aromatic N) is 2. The summed E-state index contributed by atoms with van der Waals surface area (Å²) in [5.74, 6) is 0. The third kappa shape index (κ3) is 3.50. The molecule has 3 aliphatic rings. The minimum Gasteiger partial charge on any atom is -0.300 e. The summed E-state index contributed by atoms with van der Waals surface area (Å²) < 4.78 is 0. The molecule has 2 aromatic rings. The number of halogens is 2. The molecule has 0 saturated carbocycles. The first-order chi connectivity index (χ1) is 12.8. The maximum absolute atomic E-state index is 2.80. The van der Waals surface area contributed by atoms with Gasteiger partial charge in [0, 0.05) is 19.1 Å². The van der Waals surface area contributed by atoms with Crippen LogP contribution in [-0.4, -0.2) is 42.0 Å². The van der Waals surface area contributed by atoms with Crippen LogP contribution >= 0.6 is 24.8 Å². The summed E-state index contributed by atoms with van der Waals surface area (Å²) in [6.07, 6.45) is 6.53. The van der Waals surface area contributed by atoms with Gasteiger partial charge in [-0.15, -0.1) is 24.8 Å². The van der Waals surface area contributed by atoms with Crippen LogP contribution in [0.5, 0.6) is 0 Å². The predicted molar refractivity (Wildman–Crippen MR) is 122 cm³/mol. The van der Waals surface area contributed by atoms with E-state index in [1.807, 2.05) is 0 Å². The summed E-state index contributed by atoms with van der Waals surface area (Å²) in [5.41, 5.74) is 6.05. The molecule has 28 heavy (non-hydrogen) atoms. The lowest BCUT2D eigenvalue weighted by Gasteiger charge is -2.55. The van der Waals surface area contributed by atoms with Crippen molar-refractivity contribution in [2.45, 2.75) is 50.6 Å². The van der Waals surface area contributed by atoms with Crippen molar-refractivity contribution < 1.29 is 0 Å². The van der Waals surface area contributed by atoms with Crippen LogP contribution in [0.3, 0.4) is 0 Å². The summed E-state index contributed by atoms with van der Waals surface area (Å²) in [6.45, 7) is 7.22. The fourth-order valence-corrected chi connectivity index (χ4v) is 5.75. The number of aryl methyl sites for hydroxylation is 1. The van der Waals surface area contributed by atoms with E-state index in [2.05, 4.69) is 65.3 Å². The molecule has 0 spiro atoms. The van der Waals surface area contributed by atoms with Gasteiger partial charge in [0.2, 0.25) is 0 Å². The number of hydrogen-bond acceptors (Lipinski definition) is 2. The molecule has 2 nitrogen and oxygen atoms in total. The molecule has 152 valence electrons. The van der Waals surface area contributed by atoms with Gasteiger partial charge in [-0.3, -0.25) is 4.90 Å². The molecule has 2 atom stereocenters. The zero-order chi connectivity index (χ0) is 17.6. The second kappa shape index (κ2) is 8.75. The number of hydrogen-bond donors (Lipinski definition) is 0. The topological polar surface area (TPSA) is 6.48 Å². The molecule has 2 fully saturated rings. The largest absolute Gasteiger partial charge is 0.300 e. The maximum Gasteiger partial charge on any atom is 0.0733 e. The van der Waals surface area contributed by atoms with Gasteiger partial charge >= 0.3 is 0 Å². The second-order valence-electron chi connectivity index (χ2n) is 8.51. The van der Waals surface area contributed by atoms with Crippen molar-refractivity contribution in [2.24, 2.45) is 0 Å². The molecule has 0 aromatic heterocycles. The van der Waals surface area contributed by atoms with E-state index < -0.39 is 0 Å². The van der Waals surface area contributed by atoms with Crippen LogP contribution in [0, 0.1) is 6.92 Å². The Morgan fingerprint density at radius 2 is 1.57 bits per heavy atom. The first kappa shape index (κ1) is 21.6. The zero-order valence-electron chi connectivity index (χ0n) is 16.8. The smallest absolute Gasteiger partial charge is 0.0733 e. The van der Waals surface area contributed by atoms with Gasteiger partial charge in [0.15, 0.2) is 0 Å². The van der Waals surface area contributed by atoms with Crippen molar-refractivity contribution in [3.8, 4) is 0 Å². The van der Waals surface area contributed by atoms with Crippen LogP contribution < -0.4 is 0 Å².